The fourth-order valence-electron chi connectivity index (χ4n) is 1.70. The number of pyridine rings is 1. The third kappa shape index (κ3) is 3.28. The molecule has 17 heavy (non-hydrogen) atoms. The number of carbonyl (C=O) groups is 1. The molecule has 0 saturated carbocycles. The fraction of sp³-hybridized carbons (Fsp3) is 0.400. The van der Waals surface area contributed by atoms with Gasteiger partial charge in [0.15, 0.2) is 0 Å². The Bertz CT molecular complexity index is 382. The summed E-state index contributed by atoms with van der Waals surface area (Å²) in [7, 11) is 0. The number of nitrogens with one attached hydrogen (secondary N) is 2. The fourth-order valence-corrected chi connectivity index (χ4v) is 1.70. The third-order valence-corrected chi connectivity index (χ3v) is 2.49. The first-order chi connectivity index (χ1) is 7.12. The minimum atomic E-state index is -0.459. The molecule has 0 atom stereocenters. The number of amides is 1. The molecule has 2 heterocycles. The molecule has 0 bridgehead atoms. The van der Waals surface area contributed by atoms with E-state index < -0.39 is 5.54 Å². The Morgan fingerprint density at radius 2 is 2.12 bits per heavy atom. The topological polar surface area (TPSA) is 54.0 Å². The van der Waals surface area contributed by atoms with Crippen LogP contribution in [0.15, 0.2) is 18.3 Å². The largest absolute Gasteiger partial charge is 0.343 e. The third-order valence-electron chi connectivity index (χ3n) is 2.49. The molecule has 1 fully saturated rings. The van der Waals surface area contributed by atoms with E-state index in [1.807, 2.05) is 0 Å². The Labute approximate surface area is 111 Å². The van der Waals surface area contributed by atoms with Crippen LogP contribution in [0, 0.1) is 5.82 Å². The van der Waals surface area contributed by atoms with Crippen molar-refractivity contribution in [3.05, 3.63) is 29.8 Å². The van der Waals surface area contributed by atoms with Crippen LogP contribution >= 0.6 is 24.8 Å². The van der Waals surface area contributed by atoms with Crippen LogP contribution in [-0.2, 0) is 10.3 Å². The summed E-state index contributed by atoms with van der Waals surface area (Å²) in [5.41, 5.74) is 0.234. The summed E-state index contributed by atoms with van der Waals surface area (Å²) < 4.78 is 12.7. The molecule has 1 aromatic heterocycles. The predicted molar refractivity (Wildman–Crippen MR) is 67.1 cm³/mol. The highest BCUT2D eigenvalue weighted by Crippen LogP contribution is 2.23. The zero-order valence-corrected chi connectivity index (χ0v) is 10.8. The van der Waals surface area contributed by atoms with Crippen LogP contribution in [0.5, 0.6) is 0 Å². The maximum Gasteiger partial charge on any atom is 0.217 e. The second-order valence-electron chi connectivity index (χ2n) is 3.73. The van der Waals surface area contributed by atoms with Gasteiger partial charge in [-0.2, -0.15) is 0 Å². The molecule has 1 aromatic rings. The van der Waals surface area contributed by atoms with Crippen LogP contribution in [0.3, 0.4) is 0 Å². The molecule has 0 spiro atoms. The van der Waals surface area contributed by atoms with Gasteiger partial charge in [0, 0.05) is 20.0 Å². The number of rotatable bonds is 2. The van der Waals surface area contributed by atoms with Crippen molar-refractivity contribution >= 4 is 30.7 Å². The van der Waals surface area contributed by atoms with Crippen molar-refractivity contribution in [2.45, 2.75) is 12.5 Å². The number of halogens is 3. The Hall–Kier alpha value is -0.910. The minimum Gasteiger partial charge on any atom is -0.343 e. The highest BCUT2D eigenvalue weighted by Gasteiger charge is 2.40. The van der Waals surface area contributed by atoms with E-state index in [0.717, 1.165) is 6.20 Å². The first-order valence-corrected chi connectivity index (χ1v) is 4.74. The van der Waals surface area contributed by atoms with Gasteiger partial charge in [-0.15, -0.1) is 24.8 Å². The molecule has 1 aliphatic heterocycles. The zero-order valence-electron chi connectivity index (χ0n) is 9.20. The molecule has 1 amide bonds. The number of hydrogen-bond acceptors (Lipinski definition) is 3. The van der Waals surface area contributed by atoms with Gasteiger partial charge in [0.05, 0.1) is 11.9 Å². The van der Waals surface area contributed by atoms with E-state index in [0.29, 0.717) is 18.8 Å². The molecule has 0 radical (unpaired) electrons. The number of carbonyl (C=O) groups excluding carboxylic acids is 1. The van der Waals surface area contributed by atoms with E-state index in [9.17, 15) is 9.18 Å². The minimum absolute atomic E-state index is 0. The molecule has 0 unspecified atom stereocenters. The van der Waals surface area contributed by atoms with Gasteiger partial charge in [-0.1, -0.05) is 0 Å². The van der Waals surface area contributed by atoms with Crippen molar-refractivity contribution in [3.8, 4) is 0 Å². The summed E-state index contributed by atoms with van der Waals surface area (Å²) in [6.07, 6.45) is 1.16. The summed E-state index contributed by atoms with van der Waals surface area (Å²) in [5.74, 6) is -0.480. The Balaban J connectivity index is 0.00000128. The maximum absolute atomic E-state index is 12.7. The van der Waals surface area contributed by atoms with Crippen molar-refractivity contribution in [3.63, 3.8) is 0 Å². The van der Waals surface area contributed by atoms with Crippen molar-refractivity contribution in [2.75, 3.05) is 13.1 Å². The summed E-state index contributed by atoms with van der Waals surface area (Å²) in [5, 5.41) is 5.91. The van der Waals surface area contributed by atoms with Crippen LogP contribution in [0.4, 0.5) is 4.39 Å². The lowest BCUT2D eigenvalue weighted by molar-refractivity contribution is -0.121. The lowest BCUT2D eigenvalue weighted by Gasteiger charge is -2.42. The van der Waals surface area contributed by atoms with Gasteiger partial charge < -0.3 is 10.6 Å². The number of aromatic nitrogens is 1. The average Bonchev–Trinajstić information content (AvgIpc) is 2.13. The maximum atomic E-state index is 12.7. The summed E-state index contributed by atoms with van der Waals surface area (Å²) in [6.45, 7) is 2.72. The smallest absolute Gasteiger partial charge is 0.217 e. The van der Waals surface area contributed by atoms with Crippen LogP contribution in [0.2, 0.25) is 0 Å². The number of hydrogen-bond donors (Lipinski definition) is 2. The van der Waals surface area contributed by atoms with Gasteiger partial charge in [0.2, 0.25) is 5.91 Å². The summed E-state index contributed by atoms with van der Waals surface area (Å²) in [6, 6.07) is 2.95. The van der Waals surface area contributed by atoms with Gasteiger partial charge in [0.25, 0.3) is 0 Å². The van der Waals surface area contributed by atoms with Crippen molar-refractivity contribution in [1.29, 1.82) is 0 Å². The first-order valence-electron chi connectivity index (χ1n) is 4.74. The van der Waals surface area contributed by atoms with E-state index in [2.05, 4.69) is 15.6 Å². The molecule has 2 N–H and O–H groups in total. The Morgan fingerprint density at radius 3 is 2.47 bits per heavy atom. The molecular weight excluding hydrogens is 268 g/mol. The van der Waals surface area contributed by atoms with Gasteiger partial charge in [-0.3, -0.25) is 9.78 Å². The second kappa shape index (κ2) is 6.14. The van der Waals surface area contributed by atoms with Gasteiger partial charge in [-0.05, 0) is 12.1 Å². The molecule has 0 aliphatic carbocycles. The van der Waals surface area contributed by atoms with Crippen LogP contribution in [0.1, 0.15) is 12.6 Å². The van der Waals surface area contributed by atoms with Gasteiger partial charge in [0.1, 0.15) is 11.4 Å². The zero-order chi connectivity index (χ0) is 10.9. The summed E-state index contributed by atoms with van der Waals surface area (Å²) in [4.78, 5) is 15.0. The van der Waals surface area contributed by atoms with Crippen LogP contribution in [0.25, 0.3) is 0 Å². The highest BCUT2D eigenvalue weighted by atomic mass is 35.5. The Morgan fingerprint density at radius 1 is 1.47 bits per heavy atom. The van der Waals surface area contributed by atoms with Crippen molar-refractivity contribution in [1.82, 2.24) is 15.6 Å². The van der Waals surface area contributed by atoms with Gasteiger partial charge >= 0.3 is 0 Å². The predicted octanol–water partition coefficient (Wildman–Crippen LogP) is 0.999. The Kier molecular flexibility index (Phi) is 5.81. The van der Waals surface area contributed by atoms with E-state index in [1.54, 1.807) is 6.07 Å². The van der Waals surface area contributed by atoms with E-state index in [4.69, 9.17) is 0 Å². The lowest BCUT2D eigenvalue weighted by Crippen LogP contribution is -2.66. The van der Waals surface area contributed by atoms with E-state index in [1.165, 1.54) is 13.0 Å². The molecule has 96 valence electrons. The molecular formula is C10H14Cl2FN3O. The lowest BCUT2D eigenvalue weighted by atomic mass is 9.88. The molecule has 1 aliphatic rings. The SMILES string of the molecule is CC(=O)NC1(c2ccc(F)cn2)CNC1.Cl.Cl. The van der Waals surface area contributed by atoms with Gasteiger partial charge in [-0.25, -0.2) is 4.39 Å². The first kappa shape index (κ1) is 16.1. The normalized spacial score (nSPS) is 15.9. The van der Waals surface area contributed by atoms with Crippen molar-refractivity contribution < 1.29 is 9.18 Å². The van der Waals surface area contributed by atoms with Crippen LogP contribution in [-0.4, -0.2) is 24.0 Å². The van der Waals surface area contributed by atoms with Crippen LogP contribution < -0.4 is 10.6 Å². The van der Waals surface area contributed by atoms with Crippen molar-refractivity contribution in [2.24, 2.45) is 0 Å². The molecule has 2 rings (SSSR count). The highest BCUT2D eigenvalue weighted by molar-refractivity contribution is 5.85. The monoisotopic (exact) mass is 281 g/mol. The molecule has 1 saturated heterocycles. The molecule has 7 heteroatoms. The summed E-state index contributed by atoms with van der Waals surface area (Å²) >= 11 is 0. The van der Waals surface area contributed by atoms with E-state index >= 15 is 0 Å². The average molecular weight is 282 g/mol. The number of nitrogens with zero attached hydrogens (tertiary/aromatic N) is 1. The van der Waals surface area contributed by atoms with E-state index in [-0.39, 0.29) is 36.5 Å². The second-order valence-corrected chi connectivity index (χ2v) is 3.73. The molecule has 0 aromatic carbocycles. The standard InChI is InChI=1S/C10H12FN3O.2ClH/c1-7(15)14-10(5-12-6-10)9-3-2-8(11)4-13-9;;/h2-4,12H,5-6H2,1H3,(H,14,15);2*1H. The quantitative estimate of drug-likeness (QED) is 0.851. The molecule has 4 nitrogen and oxygen atoms in total.